The molecule has 0 heterocycles. The SMILES string of the molecule is C=Cc1ccc(CCl)cc1.C=Cc1ccc(COCCF)cc1.C=Cc1ccc(COCF)cc1.FCOC(F)(F)OC(F)(F)C(F)(F)OF.FCOC(F)(F)OC(F)(F)C(F)(F)OF.OCCF.OCF. The summed E-state index contributed by atoms with van der Waals surface area (Å²) in [4.78, 5) is 2.87. The molecule has 0 aliphatic rings. The van der Waals surface area contributed by atoms with E-state index in [0.717, 1.165) is 33.4 Å². The molecule has 2 N–H and O–H groups in total. The molecule has 3 rings (SSSR count). The van der Waals surface area contributed by atoms with Gasteiger partial charge in [-0.1, -0.05) is 111 Å². The lowest BCUT2D eigenvalue weighted by molar-refractivity contribution is -0.548. The number of alkyl halides is 19. The van der Waals surface area contributed by atoms with Crippen molar-refractivity contribution in [2.24, 2.45) is 0 Å². The largest absolute Gasteiger partial charge is 0.492 e. The van der Waals surface area contributed by atoms with Crippen molar-refractivity contribution in [3.63, 3.8) is 0 Å². The van der Waals surface area contributed by atoms with E-state index in [-0.39, 0.29) is 13.2 Å². The van der Waals surface area contributed by atoms with Gasteiger partial charge in [0.25, 0.3) is 0 Å². The van der Waals surface area contributed by atoms with E-state index in [1.54, 1.807) is 12.2 Å². The van der Waals surface area contributed by atoms with Crippen LogP contribution in [0.2, 0.25) is 0 Å². The summed E-state index contributed by atoms with van der Waals surface area (Å²) in [5, 5.41) is 14.4. The van der Waals surface area contributed by atoms with Crippen molar-refractivity contribution in [1.29, 1.82) is 0 Å². The molecule has 0 aliphatic carbocycles. The second kappa shape index (κ2) is 40.8. The average Bonchev–Trinajstić information content (AvgIpc) is 3.34. The Hall–Kier alpha value is -4.63. The molecule has 416 valence electrons. The highest BCUT2D eigenvalue weighted by Gasteiger charge is 2.67. The molecule has 72 heavy (non-hydrogen) atoms. The fourth-order valence-electron chi connectivity index (χ4n) is 3.34. The van der Waals surface area contributed by atoms with Crippen LogP contribution in [0.5, 0.6) is 0 Å². The van der Waals surface area contributed by atoms with Gasteiger partial charge in [-0.3, -0.25) is 9.47 Å². The molecular formula is C41H45ClF20O10. The van der Waals surface area contributed by atoms with Gasteiger partial charge in [-0.05, 0) is 42.4 Å². The number of aliphatic hydroxyl groups is 2. The average molecular weight is 1110 g/mol. The van der Waals surface area contributed by atoms with Gasteiger partial charge >= 0.3 is 37.0 Å². The molecule has 0 aliphatic heterocycles. The van der Waals surface area contributed by atoms with Crippen molar-refractivity contribution in [3.8, 4) is 0 Å². The molecule has 10 nitrogen and oxygen atoms in total. The molecule has 3 aromatic rings. The monoisotopic (exact) mass is 1110 g/mol. The van der Waals surface area contributed by atoms with E-state index in [9.17, 15) is 88.1 Å². The standard InChI is InChI=1S/C11H13FO.C10H11FO.C9H9Cl.2C4H2F8O3.C2H5FO.CH3FO/c1-2-10-3-5-11(6-4-10)9-13-8-7-12;1-2-9-3-5-10(6-4-9)7-12-8-11;1-2-8-3-5-9(7-10)6-4-8;2*5-1-13-4(10,11)14-2(6,7)3(8,9)15-12;3-1-2-4;2-1-3/h2-6H,1,7-9H2;2-6H,1,7-8H2;2-6H,1,7H2;2*1H2;4H,1-2H2;3H,1H2. The lowest BCUT2D eigenvalue weighted by Gasteiger charge is -2.25. The van der Waals surface area contributed by atoms with E-state index in [1.165, 1.54) is 9.88 Å². The quantitative estimate of drug-likeness (QED) is 0.0389. The van der Waals surface area contributed by atoms with Gasteiger partial charge < -0.3 is 19.7 Å². The molecule has 3 aromatic carbocycles. The van der Waals surface area contributed by atoms with Gasteiger partial charge in [0.05, 0.1) is 26.4 Å². The first kappa shape index (κ1) is 73.9. The number of halogens is 21. The molecule has 0 atom stereocenters. The van der Waals surface area contributed by atoms with Crippen LogP contribution in [0.3, 0.4) is 0 Å². The van der Waals surface area contributed by atoms with Crippen LogP contribution in [0.25, 0.3) is 18.2 Å². The molecule has 0 fully saturated rings. The highest BCUT2D eigenvalue weighted by molar-refractivity contribution is 6.17. The Morgan fingerprint density at radius 2 is 0.750 bits per heavy atom. The van der Waals surface area contributed by atoms with Crippen LogP contribution in [-0.2, 0) is 57.4 Å². The second-order valence-corrected chi connectivity index (χ2v) is 11.8. The fraction of sp³-hybridized carbons (Fsp3) is 0.415. The van der Waals surface area contributed by atoms with Gasteiger partial charge in [0, 0.05) is 5.88 Å². The molecular weight excluding hydrogens is 1070 g/mol. The Labute approximate surface area is 402 Å². The smallest absolute Gasteiger partial charge is 0.394 e. The van der Waals surface area contributed by atoms with Crippen molar-refractivity contribution >= 4 is 29.8 Å². The highest BCUT2D eigenvalue weighted by atomic mass is 35.5. The molecule has 0 saturated heterocycles. The van der Waals surface area contributed by atoms with E-state index in [4.69, 9.17) is 26.6 Å². The molecule has 0 saturated carbocycles. The number of aliphatic hydroxyl groups excluding tert-OH is 2. The Morgan fingerprint density at radius 1 is 0.458 bits per heavy atom. The van der Waals surface area contributed by atoms with Crippen molar-refractivity contribution in [2.45, 2.75) is 56.1 Å². The number of hydrogen-bond acceptors (Lipinski definition) is 10. The minimum atomic E-state index is -6.04. The maximum Gasteiger partial charge on any atom is 0.492 e. The third kappa shape index (κ3) is 35.5. The van der Waals surface area contributed by atoms with Crippen LogP contribution in [0.1, 0.15) is 33.4 Å². The first-order valence-electron chi connectivity index (χ1n) is 18.6. The summed E-state index contributed by atoms with van der Waals surface area (Å²) in [5.74, 6) is 0.581. The fourth-order valence-corrected chi connectivity index (χ4v) is 3.51. The minimum absolute atomic E-state index is 0.170. The third-order valence-corrected chi connectivity index (χ3v) is 6.84. The summed E-state index contributed by atoms with van der Waals surface area (Å²) in [6, 6.07) is 23.5. The number of benzene rings is 3. The number of rotatable bonds is 24. The van der Waals surface area contributed by atoms with Crippen LogP contribution in [-0.4, -0.2) is 101 Å². The van der Waals surface area contributed by atoms with Gasteiger partial charge in [0.15, 0.2) is 27.4 Å². The van der Waals surface area contributed by atoms with Crippen LogP contribution >= 0.6 is 11.6 Å². The van der Waals surface area contributed by atoms with Crippen molar-refractivity contribution < 1.29 is 137 Å². The summed E-state index contributed by atoms with van der Waals surface area (Å²) < 4.78 is 249. The van der Waals surface area contributed by atoms with Gasteiger partial charge in [-0.25, -0.2) is 35.8 Å². The number of ether oxygens (including phenoxy) is 6. The van der Waals surface area contributed by atoms with Gasteiger partial charge in [-0.15, -0.1) is 39.0 Å². The van der Waals surface area contributed by atoms with E-state index in [2.05, 4.69) is 43.4 Å². The molecule has 0 radical (unpaired) electrons. The molecule has 0 aromatic heterocycles. The lowest BCUT2D eigenvalue weighted by atomic mass is 10.1. The van der Waals surface area contributed by atoms with Gasteiger partial charge in [-0.2, -0.15) is 35.1 Å². The summed E-state index contributed by atoms with van der Waals surface area (Å²) in [6.45, 7) is 3.96. The highest BCUT2D eigenvalue weighted by Crippen LogP contribution is 2.42. The van der Waals surface area contributed by atoms with E-state index < -0.39 is 77.8 Å². The zero-order chi connectivity index (χ0) is 56.5. The van der Waals surface area contributed by atoms with Crippen LogP contribution in [0.15, 0.2) is 92.5 Å². The molecule has 31 heteroatoms. The Morgan fingerprint density at radius 3 is 0.972 bits per heavy atom. The summed E-state index contributed by atoms with van der Waals surface area (Å²) >= 11 is 5.60. The van der Waals surface area contributed by atoms with Crippen molar-refractivity contribution in [1.82, 2.24) is 0 Å². The van der Waals surface area contributed by atoms with E-state index in [0.29, 0.717) is 19.1 Å². The normalized spacial score (nSPS) is 11.4. The van der Waals surface area contributed by atoms with Gasteiger partial charge in [0.1, 0.15) is 13.3 Å². The van der Waals surface area contributed by atoms with Crippen molar-refractivity contribution in [3.05, 3.63) is 126 Å². The molecule has 0 bridgehead atoms. The molecule has 0 amide bonds. The molecule has 0 unspecified atom stereocenters. The van der Waals surface area contributed by atoms with Crippen LogP contribution in [0.4, 0.5) is 88.1 Å². The summed E-state index contributed by atoms with van der Waals surface area (Å²) in [5.41, 5.74) is 6.44. The van der Waals surface area contributed by atoms with Gasteiger partial charge in [0.2, 0.25) is 0 Å². The molecule has 0 spiro atoms. The first-order chi connectivity index (χ1) is 33.6. The zero-order valence-corrected chi connectivity index (χ0v) is 37.4. The third-order valence-electron chi connectivity index (χ3n) is 6.53. The van der Waals surface area contributed by atoms with Crippen molar-refractivity contribution in [2.75, 3.05) is 54.0 Å². The maximum atomic E-state index is 12.0. The van der Waals surface area contributed by atoms with E-state index >= 15 is 0 Å². The van der Waals surface area contributed by atoms with Crippen LogP contribution < -0.4 is 0 Å². The lowest BCUT2D eigenvalue weighted by Crippen LogP contribution is -2.48. The predicted molar refractivity (Wildman–Crippen MR) is 217 cm³/mol. The maximum absolute atomic E-state index is 12.0. The topological polar surface area (TPSA) is 114 Å². The zero-order valence-electron chi connectivity index (χ0n) is 36.7. The van der Waals surface area contributed by atoms with E-state index in [1.807, 2.05) is 78.9 Å². The Bertz CT molecular complexity index is 1740. The first-order valence-corrected chi connectivity index (χ1v) is 19.1. The Balaban J connectivity index is -0.000000390. The number of hydrogen-bond donors (Lipinski definition) is 2. The summed E-state index contributed by atoms with van der Waals surface area (Å²) in [6.07, 6.45) is -29.4. The van der Waals surface area contributed by atoms with Crippen LogP contribution in [0, 0.1) is 0 Å². The minimum Gasteiger partial charge on any atom is -0.394 e. The predicted octanol–water partition coefficient (Wildman–Crippen LogP) is 13.7. The summed E-state index contributed by atoms with van der Waals surface area (Å²) in [7, 11) is 0. The Kier molecular flexibility index (Phi) is 41.9. The second-order valence-electron chi connectivity index (χ2n) is 11.6.